The molecule has 0 radical (unpaired) electrons. The van der Waals surface area contributed by atoms with Crippen LogP contribution in [0.5, 0.6) is 11.5 Å². The molecule has 5 heteroatoms. The minimum absolute atomic E-state index is 0.234. The molecule has 110 valence electrons. The number of fused-ring (bicyclic) bond motifs is 1. The minimum Gasteiger partial charge on any atom is -0.490 e. The monoisotopic (exact) mass is 279 g/mol. The number of esters is 1. The molecule has 1 aromatic rings. The van der Waals surface area contributed by atoms with Gasteiger partial charge in [0.15, 0.2) is 11.5 Å². The summed E-state index contributed by atoms with van der Waals surface area (Å²) in [5.41, 5.74) is 0.828. The Kier molecular flexibility index (Phi) is 5.09. The largest absolute Gasteiger partial charge is 0.490 e. The predicted molar refractivity (Wildman–Crippen MR) is 76.4 cm³/mol. The van der Waals surface area contributed by atoms with Crippen molar-refractivity contribution in [2.45, 2.75) is 32.7 Å². The van der Waals surface area contributed by atoms with Crippen molar-refractivity contribution < 1.29 is 19.0 Å². The molecule has 1 aromatic carbocycles. The van der Waals surface area contributed by atoms with E-state index >= 15 is 0 Å². The second-order valence-corrected chi connectivity index (χ2v) is 4.57. The fourth-order valence-electron chi connectivity index (χ4n) is 2.02. The van der Waals surface area contributed by atoms with Crippen molar-refractivity contribution in [1.29, 1.82) is 0 Å². The van der Waals surface area contributed by atoms with Crippen LogP contribution in [-0.2, 0) is 9.53 Å². The van der Waals surface area contributed by atoms with Crippen molar-refractivity contribution in [3.63, 3.8) is 0 Å². The van der Waals surface area contributed by atoms with E-state index in [4.69, 9.17) is 14.2 Å². The SMILES string of the molecule is CCOC(=O)C(CC)Nc1ccc2c(c1)OCCCO2. The average molecular weight is 279 g/mol. The molecule has 5 nitrogen and oxygen atoms in total. The molecule has 1 atom stereocenters. The highest BCUT2D eigenvalue weighted by molar-refractivity contribution is 5.79. The lowest BCUT2D eigenvalue weighted by Gasteiger charge is -2.17. The maximum absolute atomic E-state index is 11.8. The maximum Gasteiger partial charge on any atom is 0.328 e. The number of carbonyl (C=O) groups is 1. The molecule has 1 aliphatic rings. The van der Waals surface area contributed by atoms with E-state index in [1.54, 1.807) is 6.92 Å². The molecule has 0 fully saturated rings. The van der Waals surface area contributed by atoms with Crippen molar-refractivity contribution in [3.8, 4) is 11.5 Å². The first-order valence-corrected chi connectivity index (χ1v) is 7.07. The van der Waals surface area contributed by atoms with Gasteiger partial charge in [-0.25, -0.2) is 4.79 Å². The molecule has 1 heterocycles. The molecule has 0 spiro atoms. The van der Waals surface area contributed by atoms with Crippen molar-refractivity contribution in [2.75, 3.05) is 25.1 Å². The molecule has 0 aromatic heterocycles. The average Bonchev–Trinajstić information content (AvgIpc) is 2.69. The number of benzene rings is 1. The third-order valence-corrected chi connectivity index (χ3v) is 3.07. The summed E-state index contributed by atoms with van der Waals surface area (Å²) < 4.78 is 16.2. The van der Waals surface area contributed by atoms with Gasteiger partial charge in [-0.3, -0.25) is 0 Å². The van der Waals surface area contributed by atoms with Crippen LogP contribution in [0.1, 0.15) is 26.7 Å². The zero-order valence-electron chi connectivity index (χ0n) is 12.0. The van der Waals surface area contributed by atoms with E-state index in [-0.39, 0.29) is 12.0 Å². The molecular weight excluding hydrogens is 258 g/mol. The van der Waals surface area contributed by atoms with Crippen LogP contribution in [0.4, 0.5) is 5.69 Å². The van der Waals surface area contributed by atoms with Crippen LogP contribution >= 0.6 is 0 Å². The van der Waals surface area contributed by atoms with Gasteiger partial charge >= 0.3 is 5.97 Å². The fourth-order valence-corrected chi connectivity index (χ4v) is 2.02. The van der Waals surface area contributed by atoms with E-state index in [0.717, 1.165) is 17.9 Å². The fraction of sp³-hybridized carbons (Fsp3) is 0.533. The standard InChI is InChI=1S/C15H21NO4/c1-3-12(15(17)18-4-2)16-11-6-7-13-14(10-11)20-9-5-8-19-13/h6-7,10,12,16H,3-5,8-9H2,1-2H3. The number of anilines is 1. The summed E-state index contributed by atoms with van der Waals surface area (Å²) in [4.78, 5) is 11.8. The highest BCUT2D eigenvalue weighted by Crippen LogP contribution is 2.32. The summed E-state index contributed by atoms with van der Waals surface area (Å²) in [7, 11) is 0. The van der Waals surface area contributed by atoms with Gasteiger partial charge in [0.25, 0.3) is 0 Å². The van der Waals surface area contributed by atoms with E-state index < -0.39 is 0 Å². The van der Waals surface area contributed by atoms with Gasteiger partial charge in [-0.1, -0.05) is 6.92 Å². The van der Waals surface area contributed by atoms with Gasteiger partial charge in [0.2, 0.25) is 0 Å². The second-order valence-electron chi connectivity index (χ2n) is 4.57. The summed E-state index contributed by atoms with van der Waals surface area (Å²) in [5, 5.41) is 3.17. The van der Waals surface area contributed by atoms with Gasteiger partial charge in [0, 0.05) is 18.2 Å². The number of carbonyl (C=O) groups excluding carboxylic acids is 1. The van der Waals surface area contributed by atoms with E-state index in [9.17, 15) is 4.79 Å². The summed E-state index contributed by atoms with van der Waals surface area (Å²) in [6, 6.07) is 5.26. The first-order valence-electron chi connectivity index (χ1n) is 7.07. The Morgan fingerprint density at radius 2 is 2.05 bits per heavy atom. The minimum atomic E-state index is -0.348. The number of rotatable bonds is 5. The van der Waals surface area contributed by atoms with Crippen molar-refractivity contribution in [1.82, 2.24) is 0 Å². The lowest BCUT2D eigenvalue weighted by Crippen LogP contribution is -2.30. The zero-order chi connectivity index (χ0) is 14.4. The Hall–Kier alpha value is -1.91. The number of hydrogen-bond acceptors (Lipinski definition) is 5. The van der Waals surface area contributed by atoms with Crippen molar-refractivity contribution >= 4 is 11.7 Å². The van der Waals surface area contributed by atoms with Gasteiger partial charge in [0.1, 0.15) is 6.04 Å². The number of hydrogen-bond donors (Lipinski definition) is 1. The normalized spacial score (nSPS) is 15.1. The van der Waals surface area contributed by atoms with Crippen LogP contribution in [0.25, 0.3) is 0 Å². The van der Waals surface area contributed by atoms with Crippen molar-refractivity contribution in [2.24, 2.45) is 0 Å². The van der Waals surface area contributed by atoms with E-state index in [2.05, 4.69) is 5.32 Å². The summed E-state index contributed by atoms with van der Waals surface area (Å²) in [6.07, 6.45) is 1.53. The maximum atomic E-state index is 11.8. The van der Waals surface area contributed by atoms with E-state index in [0.29, 0.717) is 32.0 Å². The van der Waals surface area contributed by atoms with Crippen LogP contribution in [0, 0.1) is 0 Å². The molecule has 0 aliphatic carbocycles. The quantitative estimate of drug-likeness (QED) is 0.840. The van der Waals surface area contributed by atoms with Crippen LogP contribution in [-0.4, -0.2) is 31.8 Å². The summed E-state index contributed by atoms with van der Waals surface area (Å²) in [6.45, 7) is 5.44. The summed E-state index contributed by atoms with van der Waals surface area (Å²) >= 11 is 0. The molecular formula is C15H21NO4. The smallest absolute Gasteiger partial charge is 0.328 e. The highest BCUT2D eigenvalue weighted by Gasteiger charge is 2.18. The topological polar surface area (TPSA) is 56.8 Å². The van der Waals surface area contributed by atoms with Gasteiger partial charge in [-0.15, -0.1) is 0 Å². The molecule has 1 aliphatic heterocycles. The molecule has 0 saturated heterocycles. The third-order valence-electron chi connectivity index (χ3n) is 3.07. The number of ether oxygens (including phenoxy) is 3. The molecule has 0 bridgehead atoms. The van der Waals surface area contributed by atoms with Crippen LogP contribution in [0.3, 0.4) is 0 Å². The Morgan fingerprint density at radius 1 is 1.30 bits per heavy atom. The molecule has 1 N–H and O–H groups in total. The summed E-state index contributed by atoms with van der Waals surface area (Å²) in [5.74, 6) is 1.23. The van der Waals surface area contributed by atoms with Gasteiger partial charge in [-0.05, 0) is 25.5 Å². The first-order chi connectivity index (χ1) is 9.74. The van der Waals surface area contributed by atoms with Crippen molar-refractivity contribution in [3.05, 3.63) is 18.2 Å². The zero-order valence-corrected chi connectivity index (χ0v) is 12.0. The second kappa shape index (κ2) is 7.03. The van der Waals surface area contributed by atoms with Gasteiger partial charge in [-0.2, -0.15) is 0 Å². The highest BCUT2D eigenvalue weighted by atomic mass is 16.5. The Bertz CT molecular complexity index is 461. The van der Waals surface area contributed by atoms with Crippen LogP contribution in [0.15, 0.2) is 18.2 Å². The lowest BCUT2D eigenvalue weighted by atomic mass is 10.2. The van der Waals surface area contributed by atoms with E-state index in [1.165, 1.54) is 0 Å². The van der Waals surface area contributed by atoms with E-state index in [1.807, 2.05) is 25.1 Å². The van der Waals surface area contributed by atoms with Gasteiger partial charge in [0.05, 0.1) is 19.8 Å². The molecule has 2 rings (SSSR count). The van der Waals surface area contributed by atoms with Crippen LogP contribution in [0.2, 0.25) is 0 Å². The number of nitrogens with one attached hydrogen (secondary N) is 1. The Balaban J connectivity index is 2.08. The lowest BCUT2D eigenvalue weighted by molar-refractivity contribution is -0.144. The predicted octanol–water partition coefficient (Wildman–Crippen LogP) is 2.60. The molecule has 1 unspecified atom stereocenters. The van der Waals surface area contributed by atoms with Crippen LogP contribution < -0.4 is 14.8 Å². The van der Waals surface area contributed by atoms with Gasteiger partial charge < -0.3 is 19.5 Å². The third kappa shape index (κ3) is 3.56. The Morgan fingerprint density at radius 3 is 2.75 bits per heavy atom. The molecule has 20 heavy (non-hydrogen) atoms. The first kappa shape index (κ1) is 14.5. The molecule has 0 amide bonds. The Labute approximate surface area is 119 Å². The molecule has 0 saturated carbocycles.